The lowest BCUT2D eigenvalue weighted by molar-refractivity contribution is 1.08. The summed E-state index contributed by atoms with van der Waals surface area (Å²) in [6, 6.07) is 88.5. The Labute approximate surface area is 379 Å². The second kappa shape index (κ2) is 15.8. The van der Waals surface area contributed by atoms with Gasteiger partial charge in [-0.2, -0.15) is 0 Å². The summed E-state index contributed by atoms with van der Waals surface area (Å²) in [5.74, 6) is 0.902. The van der Waals surface area contributed by atoms with Crippen LogP contribution < -0.4 is 41.5 Å². The van der Waals surface area contributed by atoms with Gasteiger partial charge in [-0.1, -0.05) is 206 Å². The number of hydrogen-bond donors (Lipinski definition) is 0. The molecule has 0 atom stereocenters. The second-order valence-corrected chi connectivity index (χ2v) is 24.9. The van der Waals surface area contributed by atoms with Crippen LogP contribution in [0.5, 0.6) is 0 Å². The highest BCUT2D eigenvalue weighted by molar-refractivity contribution is 8.00. The molecule has 0 aliphatic carbocycles. The van der Waals surface area contributed by atoms with Gasteiger partial charge in [-0.25, -0.2) is 4.98 Å². The predicted octanol–water partition coefficient (Wildman–Crippen LogP) is 8.46. The van der Waals surface area contributed by atoms with E-state index in [0.29, 0.717) is 0 Å². The van der Waals surface area contributed by atoms with E-state index in [4.69, 9.17) is 9.97 Å². The second-order valence-electron chi connectivity index (χ2n) is 16.4. The first-order chi connectivity index (χ1) is 31.8. The summed E-state index contributed by atoms with van der Waals surface area (Å²) < 4.78 is 2.42. The van der Waals surface area contributed by atoms with Crippen LogP contribution in [0.4, 0.5) is 0 Å². The monoisotopic (exact) mass is 867 g/mol. The average molecular weight is 868 g/mol. The normalized spacial score (nSPS) is 13.1. The first-order valence-corrected chi connectivity index (χ1v) is 26.6. The van der Waals surface area contributed by atoms with Crippen molar-refractivity contribution in [3.63, 3.8) is 0 Å². The van der Waals surface area contributed by atoms with Gasteiger partial charge in [0.05, 0.1) is 16.7 Å². The third kappa shape index (κ3) is 5.80. The predicted molar refractivity (Wildman–Crippen MR) is 273 cm³/mol. The lowest BCUT2D eigenvalue weighted by atomic mass is 10.1. The SMILES string of the molecule is c1ccc([Si](c2ccccc2)(c2cccc(-c3ccccn3)c2)c2cc3c(c4c2[Si](c2ccccc2)(c2ccccc2)c2ccccc2S4)c2ccccc2n3-c2ccccn2)cc1. The Balaban J connectivity index is 1.38. The molecule has 0 unspecified atom stereocenters. The lowest BCUT2D eigenvalue weighted by Crippen LogP contribution is -2.85. The van der Waals surface area contributed by atoms with Crippen molar-refractivity contribution in [2.75, 3.05) is 0 Å². The molecule has 64 heavy (non-hydrogen) atoms. The molecule has 0 bridgehead atoms. The van der Waals surface area contributed by atoms with Gasteiger partial charge in [0.1, 0.15) is 5.82 Å². The third-order valence-electron chi connectivity index (χ3n) is 13.2. The van der Waals surface area contributed by atoms with Gasteiger partial charge >= 0.3 is 0 Å². The molecule has 0 radical (unpaired) electrons. The number of nitrogens with zero attached hydrogens (tertiary/aromatic N) is 3. The summed E-state index contributed by atoms with van der Waals surface area (Å²) in [6.07, 6.45) is 3.81. The van der Waals surface area contributed by atoms with Crippen molar-refractivity contribution in [1.29, 1.82) is 0 Å². The summed E-state index contributed by atoms with van der Waals surface area (Å²) in [6.45, 7) is 0. The molecule has 3 aromatic heterocycles. The minimum atomic E-state index is -3.35. The van der Waals surface area contributed by atoms with E-state index in [2.05, 4.69) is 229 Å². The van der Waals surface area contributed by atoms with E-state index in [1.807, 2.05) is 36.3 Å². The van der Waals surface area contributed by atoms with E-state index in [1.54, 1.807) is 0 Å². The van der Waals surface area contributed by atoms with Crippen molar-refractivity contribution >= 4 is 91.2 Å². The summed E-state index contributed by atoms with van der Waals surface area (Å²) >= 11 is 1.96. The van der Waals surface area contributed by atoms with Gasteiger partial charge in [0.15, 0.2) is 16.1 Å². The van der Waals surface area contributed by atoms with Gasteiger partial charge in [-0.3, -0.25) is 9.55 Å². The van der Waals surface area contributed by atoms with E-state index >= 15 is 0 Å². The standard InChI is InChI=1S/C58H41N3SSi2/c1-5-23-43(24-6-1)63(44-25-7-2-8-26-44,47-31-21-22-42(40-47)49-33-17-19-38-59-49)54-41-51-56(48-32-13-14-34-50(48)61(51)55-37-18-20-39-60-55)57-58(54)64(45-27-9-3-10-28-45,46-29-11-4-12-30-46)53-36-16-15-35-52(53)62-57/h1-41H. The molecule has 0 N–H and O–H groups in total. The molecule has 12 rings (SSSR count). The maximum Gasteiger partial charge on any atom is 0.181 e. The van der Waals surface area contributed by atoms with Crippen LogP contribution in [0.15, 0.2) is 259 Å². The fraction of sp³-hybridized carbons (Fsp3) is 0. The average Bonchev–Trinajstić information content (AvgIpc) is 3.72. The molecule has 4 heterocycles. The Morgan fingerprint density at radius 2 is 1.03 bits per heavy atom. The van der Waals surface area contributed by atoms with E-state index in [1.165, 1.54) is 62.1 Å². The van der Waals surface area contributed by atoms with Gasteiger partial charge in [-0.15, -0.1) is 0 Å². The van der Waals surface area contributed by atoms with E-state index in [-0.39, 0.29) is 0 Å². The quantitative estimate of drug-likeness (QED) is 0.114. The Morgan fingerprint density at radius 1 is 0.453 bits per heavy atom. The van der Waals surface area contributed by atoms with Crippen molar-refractivity contribution in [2.45, 2.75) is 9.79 Å². The highest BCUT2D eigenvalue weighted by Gasteiger charge is 2.54. The molecule has 6 heteroatoms. The first kappa shape index (κ1) is 38.3. The summed E-state index contributed by atoms with van der Waals surface area (Å²) in [5.41, 5.74) is 4.37. The Kier molecular flexibility index (Phi) is 9.44. The van der Waals surface area contributed by atoms with Crippen molar-refractivity contribution in [3.05, 3.63) is 249 Å². The van der Waals surface area contributed by atoms with Gasteiger partial charge < -0.3 is 0 Å². The van der Waals surface area contributed by atoms with Gasteiger partial charge in [0, 0.05) is 38.5 Å². The molecule has 3 nitrogen and oxygen atoms in total. The van der Waals surface area contributed by atoms with Crippen molar-refractivity contribution < 1.29 is 0 Å². The number of aromatic nitrogens is 3. The van der Waals surface area contributed by atoms with Crippen molar-refractivity contribution in [3.8, 4) is 17.1 Å². The van der Waals surface area contributed by atoms with Crippen LogP contribution in [0.25, 0.3) is 38.9 Å². The number of hydrogen-bond acceptors (Lipinski definition) is 3. The zero-order chi connectivity index (χ0) is 42.5. The molecule has 0 fully saturated rings. The molecule has 0 spiro atoms. The molecule has 1 aliphatic heterocycles. The highest BCUT2D eigenvalue weighted by Crippen LogP contribution is 2.43. The first-order valence-electron chi connectivity index (χ1n) is 21.8. The number of para-hydroxylation sites is 1. The van der Waals surface area contributed by atoms with E-state index in [0.717, 1.165) is 28.1 Å². The third-order valence-corrected chi connectivity index (χ3v) is 24.7. The van der Waals surface area contributed by atoms with Gasteiger partial charge in [-0.05, 0) is 84.0 Å². The molecular weight excluding hydrogens is 827 g/mol. The molecule has 0 saturated heterocycles. The van der Waals surface area contributed by atoms with Crippen molar-refractivity contribution in [1.82, 2.24) is 14.5 Å². The van der Waals surface area contributed by atoms with Crippen LogP contribution in [0.2, 0.25) is 0 Å². The maximum absolute atomic E-state index is 5.07. The molecule has 8 aromatic carbocycles. The zero-order valence-corrected chi connectivity index (χ0v) is 37.7. The lowest BCUT2D eigenvalue weighted by Gasteiger charge is -2.45. The summed E-state index contributed by atoms with van der Waals surface area (Å²) in [5, 5.41) is 13.5. The highest BCUT2D eigenvalue weighted by atomic mass is 32.2. The summed E-state index contributed by atoms with van der Waals surface area (Å²) in [7, 11) is -6.55. The molecule has 0 saturated carbocycles. The largest absolute Gasteiger partial charge is 0.294 e. The topological polar surface area (TPSA) is 30.7 Å². The Hall–Kier alpha value is -7.36. The maximum atomic E-state index is 5.07. The Bertz CT molecular complexity index is 3380. The van der Waals surface area contributed by atoms with E-state index < -0.39 is 16.1 Å². The van der Waals surface area contributed by atoms with Crippen LogP contribution in [-0.4, -0.2) is 30.7 Å². The van der Waals surface area contributed by atoms with Gasteiger partial charge in [0.25, 0.3) is 0 Å². The minimum Gasteiger partial charge on any atom is -0.294 e. The number of rotatable bonds is 8. The van der Waals surface area contributed by atoms with Crippen LogP contribution in [0.3, 0.4) is 0 Å². The van der Waals surface area contributed by atoms with Crippen LogP contribution >= 0.6 is 11.8 Å². The minimum absolute atomic E-state index is 0.902. The molecular formula is C58H41N3SSi2. The number of fused-ring (bicyclic) bond motifs is 6. The van der Waals surface area contributed by atoms with Crippen LogP contribution in [-0.2, 0) is 0 Å². The fourth-order valence-electron chi connectivity index (χ4n) is 10.6. The molecule has 11 aromatic rings. The summed E-state index contributed by atoms with van der Waals surface area (Å²) in [4.78, 5) is 12.6. The Morgan fingerprint density at radius 3 is 1.69 bits per heavy atom. The van der Waals surface area contributed by atoms with E-state index in [9.17, 15) is 0 Å². The van der Waals surface area contributed by atoms with Crippen LogP contribution in [0.1, 0.15) is 0 Å². The molecule has 302 valence electrons. The fourth-order valence-corrected chi connectivity index (χ4v) is 24.0. The van der Waals surface area contributed by atoms with Gasteiger partial charge in [0.2, 0.25) is 0 Å². The number of benzene rings is 8. The molecule has 0 amide bonds. The van der Waals surface area contributed by atoms with Crippen molar-refractivity contribution in [2.24, 2.45) is 0 Å². The zero-order valence-electron chi connectivity index (χ0n) is 34.9. The smallest absolute Gasteiger partial charge is 0.181 e. The van der Waals surface area contributed by atoms with Crippen LogP contribution in [0, 0.1) is 0 Å². The number of pyridine rings is 2. The molecule has 1 aliphatic rings.